The highest BCUT2D eigenvalue weighted by atomic mass is 35.5. The molecular formula is C18H17ClN2. The number of aryl methyl sites for hydroxylation is 1. The maximum absolute atomic E-state index is 9.04. The molecule has 106 valence electrons. The highest BCUT2D eigenvalue weighted by Gasteiger charge is 2.32. The molecule has 0 spiro atoms. The van der Waals surface area contributed by atoms with Gasteiger partial charge in [0.2, 0.25) is 0 Å². The molecular weight excluding hydrogens is 280 g/mol. The molecule has 0 amide bonds. The van der Waals surface area contributed by atoms with Crippen molar-refractivity contribution in [3.05, 3.63) is 64.2 Å². The first kappa shape index (κ1) is 14.0. The van der Waals surface area contributed by atoms with Crippen molar-refractivity contribution in [1.82, 2.24) is 0 Å². The van der Waals surface area contributed by atoms with Gasteiger partial charge in [0.1, 0.15) is 0 Å². The van der Waals surface area contributed by atoms with E-state index < -0.39 is 0 Å². The number of anilines is 1. The van der Waals surface area contributed by atoms with Crippen LogP contribution in [0.15, 0.2) is 42.5 Å². The molecule has 1 unspecified atom stereocenters. The number of hydrogen-bond donors (Lipinski definition) is 1. The Bertz CT molecular complexity index is 681. The first-order chi connectivity index (χ1) is 10.2. The van der Waals surface area contributed by atoms with Crippen LogP contribution < -0.4 is 5.32 Å². The zero-order valence-corrected chi connectivity index (χ0v) is 12.7. The number of rotatable bonds is 4. The van der Waals surface area contributed by atoms with Crippen molar-refractivity contribution in [2.24, 2.45) is 5.92 Å². The highest BCUT2D eigenvalue weighted by Crippen LogP contribution is 2.43. The summed E-state index contributed by atoms with van der Waals surface area (Å²) in [4.78, 5) is 0. The van der Waals surface area contributed by atoms with Gasteiger partial charge in [-0.3, -0.25) is 0 Å². The Hall–Kier alpha value is -1.98. The number of benzene rings is 2. The standard InChI is InChI=1S/C18H17ClN2/c1-12-2-5-14(6-3-12)18(15-7-8-15)21-17-10-13(11-20)4-9-16(17)19/h2-6,9-10,15,18,21H,7-8H2,1H3. The lowest BCUT2D eigenvalue weighted by Gasteiger charge is -2.21. The van der Waals surface area contributed by atoms with Crippen LogP contribution in [-0.2, 0) is 0 Å². The van der Waals surface area contributed by atoms with E-state index in [0.717, 1.165) is 5.69 Å². The highest BCUT2D eigenvalue weighted by molar-refractivity contribution is 6.33. The Kier molecular flexibility index (Phi) is 3.86. The summed E-state index contributed by atoms with van der Waals surface area (Å²) in [7, 11) is 0. The van der Waals surface area contributed by atoms with Gasteiger partial charge in [0.05, 0.1) is 28.4 Å². The second-order valence-electron chi connectivity index (χ2n) is 5.68. The first-order valence-electron chi connectivity index (χ1n) is 7.20. The van der Waals surface area contributed by atoms with Crippen molar-refractivity contribution >= 4 is 17.3 Å². The first-order valence-corrected chi connectivity index (χ1v) is 7.58. The Morgan fingerprint density at radius 1 is 1.19 bits per heavy atom. The average molecular weight is 297 g/mol. The normalized spacial score (nSPS) is 15.3. The van der Waals surface area contributed by atoms with Crippen LogP contribution in [0.1, 0.15) is 35.6 Å². The Balaban J connectivity index is 1.89. The summed E-state index contributed by atoms with van der Waals surface area (Å²) < 4.78 is 0. The molecule has 21 heavy (non-hydrogen) atoms. The number of nitrogens with one attached hydrogen (secondary N) is 1. The quantitative estimate of drug-likeness (QED) is 0.853. The van der Waals surface area contributed by atoms with Crippen LogP contribution in [0.4, 0.5) is 5.69 Å². The molecule has 2 nitrogen and oxygen atoms in total. The molecule has 2 aromatic rings. The van der Waals surface area contributed by atoms with E-state index in [1.807, 2.05) is 6.07 Å². The van der Waals surface area contributed by atoms with Crippen molar-refractivity contribution in [3.63, 3.8) is 0 Å². The summed E-state index contributed by atoms with van der Waals surface area (Å²) in [6.45, 7) is 2.09. The van der Waals surface area contributed by atoms with Gasteiger partial charge in [0, 0.05) is 0 Å². The van der Waals surface area contributed by atoms with Gasteiger partial charge < -0.3 is 5.32 Å². The van der Waals surface area contributed by atoms with E-state index in [0.29, 0.717) is 16.5 Å². The molecule has 0 heterocycles. The third-order valence-electron chi connectivity index (χ3n) is 3.94. The van der Waals surface area contributed by atoms with E-state index in [2.05, 4.69) is 42.6 Å². The van der Waals surface area contributed by atoms with Crippen LogP contribution in [0.2, 0.25) is 5.02 Å². The molecule has 0 saturated heterocycles. The second kappa shape index (κ2) is 5.79. The fourth-order valence-electron chi connectivity index (χ4n) is 2.55. The summed E-state index contributed by atoms with van der Waals surface area (Å²) in [5.74, 6) is 0.648. The number of nitrogens with zero attached hydrogens (tertiary/aromatic N) is 1. The number of nitriles is 1. The lowest BCUT2D eigenvalue weighted by Crippen LogP contribution is -2.13. The zero-order chi connectivity index (χ0) is 14.8. The summed E-state index contributed by atoms with van der Waals surface area (Å²) in [6.07, 6.45) is 2.47. The lowest BCUT2D eigenvalue weighted by atomic mass is 10.0. The number of halogens is 1. The molecule has 1 aliphatic carbocycles. The summed E-state index contributed by atoms with van der Waals surface area (Å²) in [6, 6.07) is 16.4. The monoisotopic (exact) mass is 296 g/mol. The van der Waals surface area contributed by atoms with Crippen molar-refractivity contribution < 1.29 is 0 Å². The molecule has 3 rings (SSSR count). The van der Waals surface area contributed by atoms with Crippen molar-refractivity contribution in [2.45, 2.75) is 25.8 Å². The van der Waals surface area contributed by atoms with Gasteiger partial charge in [-0.1, -0.05) is 41.4 Å². The van der Waals surface area contributed by atoms with Crippen LogP contribution in [0.5, 0.6) is 0 Å². The molecule has 0 radical (unpaired) electrons. The largest absolute Gasteiger partial charge is 0.377 e. The molecule has 1 saturated carbocycles. The SMILES string of the molecule is Cc1ccc(C(Nc2cc(C#N)ccc2Cl)C2CC2)cc1. The third kappa shape index (κ3) is 3.20. The predicted octanol–water partition coefficient (Wildman–Crippen LogP) is 5.08. The predicted molar refractivity (Wildman–Crippen MR) is 86.4 cm³/mol. The van der Waals surface area contributed by atoms with Crippen molar-refractivity contribution in [3.8, 4) is 6.07 Å². The van der Waals surface area contributed by atoms with Gasteiger partial charge >= 0.3 is 0 Å². The molecule has 0 bridgehead atoms. The van der Waals surface area contributed by atoms with Gasteiger partial charge in [-0.05, 0) is 49.4 Å². The van der Waals surface area contributed by atoms with Gasteiger partial charge in [-0.25, -0.2) is 0 Å². The van der Waals surface area contributed by atoms with Crippen molar-refractivity contribution in [1.29, 1.82) is 5.26 Å². The fraction of sp³-hybridized carbons (Fsp3) is 0.278. The second-order valence-corrected chi connectivity index (χ2v) is 6.08. The van der Waals surface area contributed by atoms with E-state index in [9.17, 15) is 0 Å². The van der Waals surface area contributed by atoms with Gasteiger partial charge in [-0.15, -0.1) is 0 Å². The Morgan fingerprint density at radius 2 is 1.90 bits per heavy atom. The molecule has 1 atom stereocenters. The van der Waals surface area contributed by atoms with E-state index >= 15 is 0 Å². The molecule has 3 heteroatoms. The van der Waals surface area contributed by atoms with Crippen LogP contribution in [-0.4, -0.2) is 0 Å². The molecule has 1 aliphatic rings. The summed E-state index contributed by atoms with van der Waals surface area (Å²) >= 11 is 6.26. The molecule has 0 aromatic heterocycles. The zero-order valence-electron chi connectivity index (χ0n) is 11.9. The smallest absolute Gasteiger partial charge is 0.0992 e. The minimum absolute atomic E-state index is 0.261. The van der Waals surface area contributed by atoms with E-state index in [4.69, 9.17) is 16.9 Å². The van der Waals surface area contributed by atoms with Gasteiger partial charge in [0.15, 0.2) is 0 Å². The van der Waals surface area contributed by atoms with Crippen LogP contribution in [0, 0.1) is 24.2 Å². The van der Waals surface area contributed by atoms with E-state index in [-0.39, 0.29) is 6.04 Å². The van der Waals surface area contributed by atoms with Crippen LogP contribution in [0.3, 0.4) is 0 Å². The number of hydrogen-bond acceptors (Lipinski definition) is 2. The summed E-state index contributed by atoms with van der Waals surface area (Å²) in [5.41, 5.74) is 4.01. The Morgan fingerprint density at radius 3 is 2.52 bits per heavy atom. The molecule has 1 fully saturated rings. The van der Waals surface area contributed by atoms with Crippen LogP contribution >= 0.6 is 11.6 Å². The van der Waals surface area contributed by atoms with Gasteiger partial charge in [0.25, 0.3) is 0 Å². The maximum Gasteiger partial charge on any atom is 0.0992 e. The average Bonchev–Trinajstić information content (AvgIpc) is 3.32. The van der Waals surface area contributed by atoms with Crippen LogP contribution in [0.25, 0.3) is 0 Å². The van der Waals surface area contributed by atoms with Crippen molar-refractivity contribution in [2.75, 3.05) is 5.32 Å². The maximum atomic E-state index is 9.04. The summed E-state index contributed by atoms with van der Waals surface area (Å²) in [5, 5.41) is 13.2. The minimum atomic E-state index is 0.261. The van der Waals surface area contributed by atoms with E-state index in [1.165, 1.54) is 24.0 Å². The Labute approximate surface area is 130 Å². The molecule has 0 aliphatic heterocycles. The minimum Gasteiger partial charge on any atom is -0.377 e. The van der Waals surface area contributed by atoms with E-state index in [1.54, 1.807) is 12.1 Å². The fourth-order valence-corrected chi connectivity index (χ4v) is 2.72. The molecule has 2 aromatic carbocycles. The van der Waals surface area contributed by atoms with Gasteiger partial charge in [-0.2, -0.15) is 5.26 Å². The molecule has 1 N–H and O–H groups in total. The topological polar surface area (TPSA) is 35.8 Å². The lowest BCUT2D eigenvalue weighted by molar-refractivity contribution is 0.679. The third-order valence-corrected chi connectivity index (χ3v) is 4.27.